The molecule has 0 aromatic heterocycles. The number of benzene rings is 1. The molecule has 0 amide bonds. The third-order valence-corrected chi connectivity index (χ3v) is 2.04. The number of hydrogen-bond acceptors (Lipinski definition) is 4. The van der Waals surface area contributed by atoms with Crippen LogP contribution in [0.5, 0.6) is 17.2 Å². The van der Waals surface area contributed by atoms with Gasteiger partial charge in [0.2, 0.25) is 5.75 Å². The van der Waals surface area contributed by atoms with Crippen molar-refractivity contribution in [2.24, 2.45) is 0 Å². The van der Waals surface area contributed by atoms with Gasteiger partial charge in [-0.05, 0) is 12.1 Å². The van der Waals surface area contributed by atoms with Crippen molar-refractivity contribution in [3.05, 3.63) is 12.1 Å². The summed E-state index contributed by atoms with van der Waals surface area (Å²) in [5.74, 6) is 1.79. The average Bonchev–Trinajstić information content (AvgIpc) is 2.17. The summed E-state index contributed by atoms with van der Waals surface area (Å²) in [6.07, 6.45) is 0. The van der Waals surface area contributed by atoms with E-state index >= 15 is 0 Å². The molecule has 0 unspecified atom stereocenters. The Balaban J connectivity index is 0. The summed E-state index contributed by atoms with van der Waals surface area (Å²) in [5.41, 5.74) is 0. The van der Waals surface area contributed by atoms with E-state index in [1.54, 1.807) is 33.5 Å². The maximum absolute atomic E-state index is 5.14. The van der Waals surface area contributed by atoms with E-state index in [1.165, 1.54) is 0 Å². The van der Waals surface area contributed by atoms with Crippen LogP contribution >= 0.6 is 12.6 Å². The monoisotopic (exact) mass is 224 g/mol. The minimum atomic E-state index is 0. The van der Waals surface area contributed by atoms with E-state index in [2.05, 4.69) is 12.6 Å². The summed E-state index contributed by atoms with van der Waals surface area (Å²) < 4.78 is 15.4. The van der Waals surface area contributed by atoms with E-state index in [9.17, 15) is 0 Å². The van der Waals surface area contributed by atoms with Gasteiger partial charge in [0.05, 0.1) is 26.2 Å². The molecule has 0 spiro atoms. The molecule has 0 atom stereocenters. The van der Waals surface area contributed by atoms with Gasteiger partial charge in [-0.1, -0.05) is 0 Å². The molecule has 0 fully saturated rings. The molecule has 3 nitrogen and oxygen atoms in total. The minimum Gasteiger partial charge on any atom is -1.00 e. The summed E-state index contributed by atoms with van der Waals surface area (Å²) in [4.78, 5) is 0.722. The minimum absolute atomic E-state index is 0. The SMILES string of the molecule is COc1ccc(S)c(OC)c1OC.[H-].[Na+]. The van der Waals surface area contributed by atoms with Crippen molar-refractivity contribution >= 4 is 12.6 Å². The van der Waals surface area contributed by atoms with Crippen molar-refractivity contribution in [2.75, 3.05) is 21.3 Å². The second kappa shape index (κ2) is 6.45. The predicted molar refractivity (Wildman–Crippen MR) is 54.5 cm³/mol. The first-order valence-corrected chi connectivity index (χ1v) is 4.17. The summed E-state index contributed by atoms with van der Waals surface area (Å²) in [7, 11) is 4.71. The number of methoxy groups -OCH3 is 3. The fourth-order valence-corrected chi connectivity index (χ4v) is 1.35. The molecule has 1 aromatic carbocycles. The van der Waals surface area contributed by atoms with Crippen LogP contribution in [-0.4, -0.2) is 21.3 Å². The molecule has 1 rings (SSSR count). The van der Waals surface area contributed by atoms with Crippen molar-refractivity contribution in [3.63, 3.8) is 0 Å². The number of hydrogen-bond donors (Lipinski definition) is 1. The zero-order valence-corrected chi connectivity index (χ0v) is 11.7. The maximum atomic E-state index is 5.14. The molecule has 0 radical (unpaired) electrons. The van der Waals surface area contributed by atoms with Gasteiger partial charge in [0.25, 0.3) is 0 Å². The summed E-state index contributed by atoms with van der Waals surface area (Å²) in [5, 5.41) is 0. The Morgan fingerprint density at radius 1 is 1.00 bits per heavy atom. The Kier molecular flexibility index (Phi) is 6.44. The number of thiol groups is 1. The molecule has 14 heavy (non-hydrogen) atoms. The second-order valence-corrected chi connectivity index (χ2v) is 2.84. The molecule has 0 saturated carbocycles. The quantitative estimate of drug-likeness (QED) is 0.533. The fraction of sp³-hybridized carbons (Fsp3) is 0.333. The molecule has 0 bridgehead atoms. The Bertz CT molecular complexity index is 310. The third-order valence-electron chi connectivity index (χ3n) is 1.68. The zero-order chi connectivity index (χ0) is 9.84. The summed E-state index contributed by atoms with van der Waals surface area (Å²) in [6.45, 7) is 0. The summed E-state index contributed by atoms with van der Waals surface area (Å²) >= 11 is 4.23. The molecule has 0 aliphatic carbocycles. The van der Waals surface area contributed by atoms with Crippen LogP contribution in [0.3, 0.4) is 0 Å². The van der Waals surface area contributed by atoms with Crippen LogP contribution in [0.2, 0.25) is 0 Å². The normalized spacial score (nSPS) is 8.86. The van der Waals surface area contributed by atoms with Crippen molar-refractivity contribution in [1.82, 2.24) is 0 Å². The number of rotatable bonds is 3. The largest absolute Gasteiger partial charge is 1.00 e. The van der Waals surface area contributed by atoms with Gasteiger partial charge >= 0.3 is 29.6 Å². The molecular weight excluding hydrogens is 211 g/mol. The Labute approximate surface area is 113 Å². The van der Waals surface area contributed by atoms with Crippen molar-refractivity contribution in [1.29, 1.82) is 0 Å². The van der Waals surface area contributed by atoms with E-state index in [4.69, 9.17) is 14.2 Å². The van der Waals surface area contributed by atoms with Crippen LogP contribution in [0.25, 0.3) is 0 Å². The fourth-order valence-electron chi connectivity index (χ4n) is 1.09. The van der Waals surface area contributed by atoms with Gasteiger partial charge in [-0.2, -0.15) is 0 Å². The van der Waals surface area contributed by atoms with Gasteiger partial charge in [-0.15, -0.1) is 12.6 Å². The van der Waals surface area contributed by atoms with Crippen LogP contribution < -0.4 is 43.8 Å². The molecule has 0 N–H and O–H groups in total. The Morgan fingerprint density at radius 2 is 1.57 bits per heavy atom. The van der Waals surface area contributed by atoms with E-state index in [-0.39, 0.29) is 31.0 Å². The van der Waals surface area contributed by atoms with Crippen LogP contribution in [0.1, 0.15) is 1.43 Å². The predicted octanol–water partition coefficient (Wildman–Crippen LogP) is -0.882. The van der Waals surface area contributed by atoms with E-state index in [0.29, 0.717) is 17.2 Å². The Morgan fingerprint density at radius 3 is 2.00 bits per heavy atom. The van der Waals surface area contributed by atoms with E-state index in [0.717, 1.165) is 4.90 Å². The molecule has 0 aliphatic heterocycles. The molecule has 74 valence electrons. The van der Waals surface area contributed by atoms with Crippen molar-refractivity contribution < 1.29 is 45.2 Å². The van der Waals surface area contributed by atoms with Crippen LogP contribution in [0.15, 0.2) is 17.0 Å². The first-order chi connectivity index (χ1) is 6.24. The topological polar surface area (TPSA) is 27.7 Å². The van der Waals surface area contributed by atoms with Gasteiger partial charge < -0.3 is 15.6 Å². The third kappa shape index (κ3) is 2.73. The molecule has 0 heterocycles. The number of ether oxygens (including phenoxy) is 3. The zero-order valence-electron chi connectivity index (χ0n) is 9.83. The van der Waals surface area contributed by atoms with Crippen molar-refractivity contribution in [2.45, 2.75) is 4.90 Å². The van der Waals surface area contributed by atoms with Crippen LogP contribution in [0.4, 0.5) is 0 Å². The van der Waals surface area contributed by atoms with Crippen LogP contribution in [0, 0.1) is 0 Å². The first kappa shape index (κ1) is 14.0. The molecular formula is C9H13NaO3S. The Hall–Kier alpha value is -0.0300. The first-order valence-electron chi connectivity index (χ1n) is 3.72. The molecule has 5 heteroatoms. The smallest absolute Gasteiger partial charge is 1.00 e. The maximum Gasteiger partial charge on any atom is 1.00 e. The second-order valence-electron chi connectivity index (χ2n) is 2.35. The van der Waals surface area contributed by atoms with Crippen molar-refractivity contribution in [3.8, 4) is 17.2 Å². The van der Waals surface area contributed by atoms with Gasteiger partial charge in [-0.25, -0.2) is 0 Å². The van der Waals surface area contributed by atoms with Crippen LogP contribution in [-0.2, 0) is 0 Å². The molecule has 0 saturated heterocycles. The standard InChI is InChI=1S/C9H12O3S.Na.H/c1-10-6-4-5-7(13)9(12-3)8(6)11-2;;/h4-5,13H,1-3H3;;/q;+1;-1. The summed E-state index contributed by atoms with van der Waals surface area (Å²) in [6, 6.07) is 3.58. The molecule has 0 aliphatic rings. The van der Waals surface area contributed by atoms with Gasteiger partial charge in [0.1, 0.15) is 0 Å². The average molecular weight is 224 g/mol. The van der Waals surface area contributed by atoms with E-state index < -0.39 is 0 Å². The molecule has 1 aromatic rings. The van der Waals surface area contributed by atoms with Gasteiger partial charge in [-0.3, -0.25) is 0 Å². The van der Waals surface area contributed by atoms with E-state index in [1.807, 2.05) is 0 Å². The van der Waals surface area contributed by atoms with Gasteiger partial charge in [0, 0.05) is 0 Å². The van der Waals surface area contributed by atoms with Gasteiger partial charge in [0.15, 0.2) is 11.5 Å².